The van der Waals surface area contributed by atoms with Crippen LogP contribution >= 0.6 is 15.9 Å². The average Bonchev–Trinajstić information content (AvgIpc) is 2.59. The van der Waals surface area contributed by atoms with E-state index < -0.39 is 0 Å². The molecular weight excluding hydrogens is 248 g/mol. The molecule has 0 fully saturated rings. The number of esters is 1. The second-order valence-corrected chi connectivity index (χ2v) is 3.57. The highest BCUT2D eigenvalue weighted by molar-refractivity contribution is 9.09. The Morgan fingerprint density at radius 1 is 1.50 bits per heavy atom. The van der Waals surface area contributed by atoms with E-state index in [0.29, 0.717) is 16.5 Å². The molecule has 2 rings (SSSR count). The van der Waals surface area contributed by atoms with Crippen LogP contribution < -0.4 is 0 Å². The van der Waals surface area contributed by atoms with E-state index in [4.69, 9.17) is 4.74 Å². The SMILES string of the molecule is O=C(CBr)c1ccc2c(c1)COC2=O. The first-order valence-electron chi connectivity index (χ1n) is 4.11. The third kappa shape index (κ3) is 1.46. The Morgan fingerprint density at radius 3 is 3.00 bits per heavy atom. The van der Waals surface area contributed by atoms with E-state index in [2.05, 4.69) is 15.9 Å². The number of benzene rings is 1. The summed E-state index contributed by atoms with van der Waals surface area (Å²) in [5.41, 5.74) is 1.97. The number of ether oxygens (including phenoxy) is 1. The zero-order valence-corrected chi connectivity index (χ0v) is 8.83. The first-order valence-corrected chi connectivity index (χ1v) is 5.23. The van der Waals surface area contributed by atoms with E-state index in [9.17, 15) is 9.59 Å². The topological polar surface area (TPSA) is 43.4 Å². The van der Waals surface area contributed by atoms with Crippen molar-refractivity contribution >= 4 is 27.7 Å². The molecule has 0 radical (unpaired) electrons. The lowest BCUT2D eigenvalue weighted by Crippen LogP contribution is -2.01. The second-order valence-electron chi connectivity index (χ2n) is 3.00. The van der Waals surface area contributed by atoms with Crippen molar-refractivity contribution < 1.29 is 14.3 Å². The Labute approximate surface area is 89.2 Å². The Morgan fingerprint density at radius 2 is 2.29 bits per heavy atom. The van der Waals surface area contributed by atoms with Crippen LogP contribution in [-0.2, 0) is 11.3 Å². The van der Waals surface area contributed by atoms with Gasteiger partial charge in [-0.1, -0.05) is 22.0 Å². The molecule has 0 spiro atoms. The highest BCUT2D eigenvalue weighted by Crippen LogP contribution is 2.21. The van der Waals surface area contributed by atoms with Gasteiger partial charge in [0.2, 0.25) is 0 Å². The van der Waals surface area contributed by atoms with Gasteiger partial charge in [0.1, 0.15) is 6.61 Å². The summed E-state index contributed by atoms with van der Waals surface area (Å²) >= 11 is 3.10. The van der Waals surface area contributed by atoms with Crippen molar-refractivity contribution in [3.63, 3.8) is 0 Å². The van der Waals surface area contributed by atoms with Crippen molar-refractivity contribution in [3.05, 3.63) is 34.9 Å². The number of halogens is 1. The summed E-state index contributed by atoms with van der Waals surface area (Å²) < 4.78 is 4.83. The van der Waals surface area contributed by atoms with Crippen molar-refractivity contribution in [1.82, 2.24) is 0 Å². The van der Waals surface area contributed by atoms with Crippen LogP contribution in [0.25, 0.3) is 0 Å². The van der Waals surface area contributed by atoms with Crippen LogP contribution in [0.1, 0.15) is 26.3 Å². The fraction of sp³-hybridized carbons (Fsp3) is 0.200. The number of carbonyl (C=O) groups is 2. The molecule has 1 aromatic carbocycles. The van der Waals surface area contributed by atoms with Crippen LogP contribution in [0.4, 0.5) is 0 Å². The molecule has 0 atom stereocenters. The molecule has 14 heavy (non-hydrogen) atoms. The maximum atomic E-state index is 11.3. The third-order valence-electron chi connectivity index (χ3n) is 2.13. The number of hydrogen-bond acceptors (Lipinski definition) is 3. The molecule has 1 heterocycles. The van der Waals surface area contributed by atoms with Gasteiger partial charge in [0.05, 0.1) is 10.9 Å². The Kier molecular flexibility index (Phi) is 2.37. The second kappa shape index (κ2) is 3.53. The van der Waals surface area contributed by atoms with Gasteiger partial charge < -0.3 is 4.74 Å². The van der Waals surface area contributed by atoms with Crippen LogP contribution in [0.5, 0.6) is 0 Å². The fourth-order valence-electron chi connectivity index (χ4n) is 1.38. The van der Waals surface area contributed by atoms with Gasteiger partial charge in [0, 0.05) is 11.1 Å². The van der Waals surface area contributed by atoms with Gasteiger partial charge in [-0.2, -0.15) is 0 Å². The van der Waals surface area contributed by atoms with Crippen molar-refractivity contribution in [2.45, 2.75) is 6.61 Å². The van der Waals surface area contributed by atoms with E-state index in [1.54, 1.807) is 18.2 Å². The summed E-state index contributed by atoms with van der Waals surface area (Å²) in [6, 6.07) is 5.00. The van der Waals surface area contributed by atoms with Gasteiger partial charge in [0.25, 0.3) is 0 Å². The Hall–Kier alpha value is -1.16. The number of rotatable bonds is 2. The van der Waals surface area contributed by atoms with E-state index in [1.165, 1.54) is 0 Å². The Balaban J connectivity index is 2.42. The molecule has 3 nitrogen and oxygen atoms in total. The van der Waals surface area contributed by atoms with Crippen molar-refractivity contribution in [3.8, 4) is 0 Å². The maximum Gasteiger partial charge on any atom is 0.338 e. The monoisotopic (exact) mass is 254 g/mol. The predicted octanol–water partition coefficient (Wildman–Crippen LogP) is 1.93. The molecule has 0 aromatic heterocycles. The molecular formula is C10H7BrO3. The van der Waals surface area contributed by atoms with E-state index in [-0.39, 0.29) is 18.4 Å². The number of hydrogen-bond donors (Lipinski definition) is 0. The first-order chi connectivity index (χ1) is 6.72. The van der Waals surface area contributed by atoms with Gasteiger partial charge >= 0.3 is 5.97 Å². The van der Waals surface area contributed by atoms with Crippen LogP contribution in [0.3, 0.4) is 0 Å². The summed E-state index contributed by atoms with van der Waals surface area (Å²) in [5, 5.41) is 0.292. The number of ketones is 1. The third-order valence-corrected chi connectivity index (χ3v) is 2.64. The minimum atomic E-state index is -0.308. The molecule has 0 amide bonds. The Bertz CT molecular complexity index is 412. The van der Waals surface area contributed by atoms with Crippen LogP contribution in [-0.4, -0.2) is 17.1 Å². The van der Waals surface area contributed by atoms with Gasteiger partial charge in [-0.05, 0) is 12.1 Å². The van der Waals surface area contributed by atoms with Gasteiger partial charge in [-0.25, -0.2) is 4.79 Å². The first kappa shape index (κ1) is 9.40. The lowest BCUT2D eigenvalue weighted by atomic mass is 10.0. The number of fused-ring (bicyclic) bond motifs is 1. The van der Waals surface area contributed by atoms with Crippen LogP contribution in [0, 0.1) is 0 Å². The maximum absolute atomic E-state index is 11.3. The summed E-state index contributed by atoms with van der Waals surface area (Å²) in [6.07, 6.45) is 0. The summed E-state index contributed by atoms with van der Waals surface area (Å²) in [6.45, 7) is 0.275. The molecule has 0 unspecified atom stereocenters. The largest absolute Gasteiger partial charge is 0.457 e. The van der Waals surface area contributed by atoms with Gasteiger partial charge in [-0.3, -0.25) is 4.79 Å². The molecule has 0 saturated carbocycles. The molecule has 72 valence electrons. The summed E-state index contributed by atoms with van der Waals surface area (Å²) in [5.74, 6) is -0.301. The van der Waals surface area contributed by atoms with Crippen molar-refractivity contribution in [2.75, 3.05) is 5.33 Å². The van der Waals surface area contributed by atoms with Crippen molar-refractivity contribution in [2.24, 2.45) is 0 Å². The number of alkyl halides is 1. The fourth-order valence-corrected chi connectivity index (χ4v) is 1.71. The molecule has 0 aliphatic carbocycles. The smallest absolute Gasteiger partial charge is 0.338 e. The van der Waals surface area contributed by atoms with E-state index in [1.807, 2.05) is 0 Å². The summed E-state index contributed by atoms with van der Waals surface area (Å²) in [4.78, 5) is 22.4. The van der Waals surface area contributed by atoms with Crippen LogP contribution in [0.2, 0.25) is 0 Å². The van der Waals surface area contributed by atoms with Gasteiger partial charge in [0.15, 0.2) is 5.78 Å². The summed E-state index contributed by atoms with van der Waals surface area (Å²) in [7, 11) is 0. The highest BCUT2D eigenvalue weighted by Gasteiger charge is 2.21. The average molecular weight is 255 g/mol. The van der Waals surface area contributed by atoms with E-state index >= 15 is 0 Å². The predicted molar refractivity (Wildman–Crippen MR) is 53.7 cm³/mol. The molecule has 4 heteroatoms. The molecule has 1 aliphatic rings. The molecule has 0 saturated heterocycles. The van der Waals surface area contributed by atoms with E-state index in [0.717, 1.165) is 5.56 Å². The highest BCUT2D eigenvalue weighted by atomic mass is 79.9. The quantitative estimate of drug-likeness (QED) is 0.460. The van der Waals surface area contributed by atoms with Gasteiger partial charge in [-0.15, -0.1) is 0 Å². The normalized spacial score (nSPS) is 13.6. The molecule has 0 bridgehead atoms. The standard InChI is InChI=1S/C10H7BrO3/c11-4-9(12)6-1-2-8-7(3-6)5-14-10(8)13/h1-3H,4-5H2. The lowest BCUT2D eigenvalue weighted by molar-refractivity contribution is 0.0535. The minimum Gasteiger partial charge on any atom is -0.457 e. The molecule has 0 N–H and O–H groups in total. The number of Topliss-reactive ketones (excluding diaryl/α,β-unsaturated/α-hetero) is 1. The zero-order chi connectivity index (χ0) is 10.1. The lowest BCUT2D eigenvalue weighted by Gasteiger charge is -1.98. The molecule has 1 aromatic rings. The minimum absolute atomic E-state index is 0.00662. The number of carbonyl (C=O) groups excluding carboxylic acids is 2. The number of cyclic esters (lactones) is 1. The van der Waals surface area contributed by atoms with Crippen molar-refractivity contribution in [1.29, 1.82) is 0 Å². The molecule has 1 aliphatic heterocycles. The zero-order valence-electron chi connectivity index (χ0n) is 7.25. The van der Waals surface area contributed by atoms with Crippen LogP contribution in [0.15, 0.2) is 18.2 Å².